The van der Waals surface area contributed by atoms with Crippen molar-refractivity contribution < 1.29 is 9.32 Å². The zero-order valence-electron chi connectivity index (χ0n) is 18.6. The van der Waals surface area contributed by atoms with Gasteiger partial charge in [0, 0.05) is 27.7 Å². The highest BCUT2D eigenvalue weighted by Crippen LogP contribution is 2.28. The average molecular weight is 522 g/mol. The molecule has 2 aromatic rings. The van der Waals surface area contributed by atoms with E-state index < -0.39 is 0 Å². The van der Waals surface area contributed by atoms with Crippen molar-refractivity contribution >= 4 is 33.6 Å². The van der Waals surface area contributed by atoms with Gasteiger partial charge < -0.3 is 9.84 Å². The highest BCUT2D eigenvalue weighted by Gasteiger charge is 2.26. The number of nitrogens with zero attached hydrogens (tertiary/aromatic N) is 3. The summed E-state index contributed by atoms with van der Waals surface area (Å²) in [5.74, 6) is 2.74. The van der Waals surface area contributed by atoms with E-state index in [4.69, 9.17) is 4.52 Å². The molecule has 0 atom stereocenters. The second kappa shape index (κ2) is 12.2. The van der Waals surface area contributed by atoms with Crippen molar-refractivity contribution in [2.24, 2.45) is 5.92 Å². The molecule has 4 rings (SSSR count). The molecular formula is C24H33BrN4O2S. The third-order valence-electron chi connectivity index (χ3n) is 6.39. The summed E-state index contributed by atoms with van der Waals surface area (Å²) in [7, 11) is 0. The van der Waals surface area contributed by atoms with Crippen molar-refractivity contribution in [2.75, 3.05) is 25.4 Å². The first-order valence-electron chi connectivity index (χ1n) is 11.9. The summed E-state index contributed by atoms with van der Waals surface area (Å²) in [6, 6.07) is 7.88. The normalized spacial score (nSPS) is 18.7. The van der Waals surface area contributed by atoms with Gasteiger partial charge in [0.15, 0.2) is 0 Å². The molecule has 2 heterocycles. The van der Waals surface area contributed by atoms with E-state index in [0.717, 1.165) is 59.9 Å². The van der Waals surface area contributed by atoms with Crippen LogP contribution in [0, 0.1) is 5.92 Å². The summed E-state index contributed by atoms with van der Waals surface area (Å²) in [4.78, 5) is 19.4. The Hall–Kier alpha value is -1.38. The molecule has 6 nitrogen and oxygen atoms in total. The molecule has 1 N–H and O–H groups in total. The summed E-state index contributed by atoms with van der Waals surface area (Å²) in [6.45, 7) is 3.20. The fourth-order valence-corrected chi connectivity index (χ4v) is 6.23. The van der Waals surface area contributed by atoms with Crippen LogP contribution in [0.4, 0.5) is 0 Å². The minimum Gasteiger partial charge on any atom is -0.356 e. The lowest BCUT2D eigenvalue weighted by atomic mass is 9.96. The molecular weight excluding hydrogens is 488 g/mol. The number of amides is 1. The zero-order chi connectivity index (χ0) is 22.2. The molecule has 0 unspecified atom stereocenters. The van der Waals surface area contributed by atoms with Crippen molar-refractivity contribution in [3.05, 3.63) is 34.6 Å². The Bertz CT molecular complexity index is 863. The lowest BCUT2D eigenvalue weighted by Crippen LogP contribution is -2.40. The van der Waals surface area contributed by atoms with Gasteiger partial charge in [0.2, 0.25) is 17.6 Å². The first kappa shape index (κ1) is 23.8. The van der Waals surface area contributed by atoms with E-state index in [1.54, 1.807) is 0 Å². The van der Waals surface area contributed by atoms with E-state index in [9.17, 15) is 4.79 Å². The smallest absolute Gasteiger partial charge is 0.241 e. The maximum absolute atomic E-state index is 12.5. The molecule has 2 aliphatic rings. The molecule has 0 spiro atoms. The fraction of sp³-hybridized carbons (Fsp3) is 0.625. The number of likely N-dealkylation sites (tertiary alicyclic amines) is 1. The van der Waals surface area contributed by atoms with Crippen LogP contribution in [0.1, 0.15) is 57.3 Å². The maximum Gasteiger partial charge on any atom is 0.241 e. The Morgan fingerprint density at radius 1 is 1.19 bits per heavy atom. The van der Waals surface area contributed by atoms with Crippen molar-refractivity contribution in [3.8, 4) is 11.4 Å². The van der Waals surface area contributed by atoms with Crippen molar-refractivity contribution in [2.45, 2.75) is 63.2 Å². The molecule has 0 radical (unpaired) electrons. The van der Waals surface area contributed by atoms with Gasteiger partial charge in [-0.3, -0.25) is 9.69 Å². The SMILES string of the molecule is O=C(NCCCSC1CCCCC1)C1CCN(Cc2nc(-c3cccc(Br)c3)no2)CC1. The Balaban J connectivity index is 1.12. The van der Waals surface area contributed by atoms with Crippen LogP contribution in [0.2, 0.25) is 0 Å². The number of rotatable bonds is 9. The number of hydrogen-bond donors (Lipinski definition) is 1. The molecule has 8 heteroatoms. The van der Waals surface area contributed by atoms with Crippen LogP contribution in [0.3, 0.4) is 0 Å². The first-order chi connectivity index (χ1) is 15.7. The molecule has 1 saturated heterocycles. The quantitative estimate of drug-likeness (QED) is 0.453. The number of carbonyl (C=O) groups is 1. The van der Waals surface area contributed by atoms with Gasteiger partial charge in [0.25, 0.3) is 0 Å². The van der Waals surface area contributed by atoms with Crippen LogP contribution in [0.5, 0.6) is 0 Å². The van der Waals surface area contributed by atoms with Gasteiger partial charge >= 0.3 is 0 Å². The standard InChI is InChI=1S/C24H33BrN4O2S/c25-20-7-4-6-19(16-20)23-27-22(31-28-23)17-29-13-10-18(11-14-29)24(30)26-12-5-15-32-21-8-2-1-3-9-21/h4,6-7,16,18,21H,1-3,5,8-15,17H2,(H,26,30). The average Bonchev–Trinajstić information content (AvgIpc) is 3.28. The number of nitrogens with one attached hydrogen (secondary N) is 1. The molecule has 32 heavy (non-hydrogen) atoms. The van der Waals surface area contributed by atoms with Crippen LogP contribution >= 0.6 is 27.7 Å². The summed E-state index contributed by atoms with van der Waals surface area (Å²) >= 11 is 5.58. The Morgan fingerprint density at radius 2 is 2.00 bits per heavy atom. The van der Waals surface area contributed by atoms with Crippen LogP contribution < -0.4 is 5.32 Å². The highest BCUT2D eigenvalue weighted by atomic mass is 79.9. The zero-order valence-corrected chi connectivity index (χ0v) is 21.0. The van der Waals surface area contributed by atoms with Gasteiger partial charge in [-0.2, -0.15) is 16.7 Å². The summed E-state index contributed by atoms with van der Waals surface area (Å²) in [5.41, 5.74) is 0.932. The largest absolute Gasteiger partial charge is 0.356 e. The Kier molecular flexibility index (Phi) is 9.05. The molecule has 0 bridgehead atoms. The number of benzene rings is 1. The number of thioether (sulfide) groups is 1. The minimum absolute atomic E-state index is 0.122. The van der Waals surface area contributed by atoms with Gasteiger partial charge in [0.05, 0.1) is 6.54 Å². The van der Waals surface area contributed by atoms with Crippen LogP contribution in [-0.4, -0.2) is 51.6 Å². The van der Waals surface area contributed by atoms with Gasteiger partial charge in [-0.25, -0.2) is 0 Å². The van der Waals surface area contributed by atoms with E-state index in [-0.39, 0.29) is 11.8 Å². The van der Waals surface area contributed by atoms with Crippen molar-refractivity contribution in [3.63, 3.8) is 0 Å². The van der Waals surface area contributed by atoms with Gasteiger partial charge in [-0.15, -0.1) is 0 Å². The highest BCUT2D eigenvalue weighted by molar-refractivity contribution is 9.10. The molecule has 1 aliphatic carbocycles. The van der Waals surface area contributed by atoms with E-state index >= 15 is 0 Å². The number of carbonyl (C=O) groups excluding carboxylic acids is 1. The maximum atomic E-state index is 12.5. The Morgan fingerprint density at radius 3 is 2.78 bits per heavy atom. The summed E-state index contributed by atoms with van der Waals surface area (Å²) in [6.07, 6.45) is 9.80. The summed E-state index contributed by atoms with van der Waals surface area (Å²) in [5, 5.41) is 8.14. The number of hydrogen-bond acceptors (Lipinski definition) is 6. The predicted molar refractivity (Wildman–Crippen MR) is 132 cm³/mol. The second-order valence-corrected chi connectivity index (χ2v) is 11.2. The monoisotopic (exact) mass is 520 g/mol. The molecule has 1 amide bonds. The van der Waals surface area contributed by atoms with E-state index in [0.29, 0.717) is 18.3 Å². The lowest BCUT2D eigenvalue weighted by molar-refractivity contribution is -0.126. The molecule has 174 valence electrons. The minimum atomic E-state index is 0.122. The van der Waals surface area contributed by atoms with E-state index in [1.807, 2.05) is 24.3 Å². The third kappa shape index (κ3) is 7.06. The number of halogens is 1. The molecule has 2 fully saturated rings. The van der Waals surface area contributed by atoms with Gasteiger partial charge in [-0.05, 0) is 63.1 Å². The van der Waals surface area contributed by atoms with E-state index in [2.05, 4.69) is 48.0 Å². The molecule has 1 saturated carbocycles. The lowest BCUT2D eigenvalue weighted by Gasteiger charge is -2.30. The van der Waals surface area contributed by atoms with Crippen molar-refractivity contribution in [1.29, 1.82) is 0 Å². The second-order valence-electron chi connectivity index (χ2n) is 8.85. The van der Waals surface area contributed by atoms with Crippen LogP contribution in [-0.2, 0) is 11.3 Å². The third-order valence-corrected chi connectivity index (χ3v) is 8.35. The molecule has 1 aromatic carbocycles. The fourth-order valence-electron chi connectivity index (χ4n) is 4.52. The van der Waals surface area contributed by atoms with Crippen LogP contribution in [0.15, 0.2) is 33.3 Å². The van der Waals surface area contributed by atoms with Crippen molar-refractivity contribution in [1.82, 2.24) is 20.4 Å². The van der Waals surface area contributed by atoms with E-state index in [1.165, 1.54) is 32.1 Å². The first-order valence-corrected chi connectivity index (χ1v) is 13.7. The summed E-state index contributed by atoms with van der Waals surface area (Å²) < 4.78 is 6.45. The van der Waals surface area contributed by atoms with Gasteiger partial charge in [-0.1, -0.05) is 52.5 Å². The molecule has 1 aliphatic heterocycles. The number of piperidine rings is 1. The van der Waals surface area contributed by atoms with Gasteiger partial charge in [0.1, 0.15) is 0 Å². The number of aromatic nitrogens is 2. The predicted octanol–water partition coefficient (Wildman–Crippen LogP) is 5.28. The Labute approximate surface area is 203 Å². The topological polar surface area (TPSA) is 71.3 Å². The molecule has 1 aromatic heterocycles. The van der Waals surface area contributed by atoms with Crippen LogP contribution in [0.25, 0.3) is 11.4 Å².